The zero-order valence-electron chi connectivity index (χ0n) is 10.7. The highest BCUT2D eigenvalue weighted by Gasteiger charge is 2.32. The Morgan fingerprint density at radius 2 is 2.22 bits per heavy atom. The first-order valence-electron chi connectivity index (χ1n) is 6.90. The molecule has 102 valence electrons. The normalized spacial score (nSPS) is 28.9. The molecule has 2 unspecified atom stereocenters. The number of aliphatic hydroxyl groups is 1. The van der Waals surface area contributed by atoms with Gasteiger partial charge in [0.1, 0.15) is 0 Å². The number of carbonyl (C=O) groups excluding carboxylic acids is 2. The van der Waals surface area contributed by atoms with E-state index in [0.717, 1.165) is 25.8 Å². The van der Waals surface area contributed by atoms with Crippen LogP contribution in [0.25, 0.3) is 0 Å². The summed E-state index contributed by atoms with van der Waals surface area (Å²) < 4.78 is 0. The van der Waals surface area contributed by atoms with E-state index in [1.165, 1.54) is 0 Å². The maximum Gasteiger partial charge on any atom is 0.227 e. The van der Waals surface area contributed by atoms with Crippen molar-refractivity contribution in [2.75, 3.05) is 19.7 Å². The Labute approximate surface area is 108 Å². The number of rotatable bonds is 3. The molecule has 0 aromatic rings. The number of piperidine rings is 2. The van der Waals surface area contributed by atoms with E-state index in [1.54, 1.807) is 0 Å². The molecular weight excluding hydrogens is 232 g/mol. The van der Waals surface area contributed by atoms with Crippen molar-refractivity contribution in [2.45, 2.75) is 44.6 Å². The summed E-state index contributed by atoms with van der Waals surface area (Å²) in [5, 5.41) is 11.8. The molecule has 0 aliphatic carbocycles. The molecule has 2 amide bonds. The number of hydrogen-bond acceptors (Lipinski definition) is 3. The second kappa shape index (κ2) is 6.18. The van der Waals surface area contributed by atoms with Crippen molar-refractivity contribution in [3.8, 4) is 0 Å². The van der Waals surface area contributed by atoms with E-state index in [-0.39, 0.29) is 30.4 Å². The summed E-state index contributed by atoms with van der Waals surface area (Å²) >= 11 is 0. The fraction of sp³-hybridized carbons (Fsp3) is 0.846. The molecule has 0 radical (unpaired) electrons. The molecule has 5 heteroatoms. The van der Waals surface area contributed by atoms with Crippen LogP contribution in [0.4, 0.5) is 0 Å². The van der Waals surface area contributed by atoms with Gasteiger partial charge in [0.15, 0.2) is 0 Å². The van der Waals surface area contributed by atoms with Gasteiger partial charge in [0.05, 0.1) is 5.92 Å². The molecule has 0 saturated carbocycles. The van der Waals surface area contributed by atoms with Crippen LogP contribution in [-0.2, 0) is 9.59 Å². The minimum atomic E-state index is -0.0676. The van der Waals surface area contributed by atoms with Gasteiger partial charge in [-0.2, -0.15) is 0 Å². The molecule has 5 nitrogen and oxygen atoms in total. The minimum Gasteiger partial charge on any atom is -0.396 e. The zero-order valence-corrected chi connectivity index (χ0v) is 10.7. The van der Waals surface area contributed by atoms with E-state index in [4.69, 9.17) is 5.11 Å². The van der Waals surface area contributed by atoms with Crippen LogP contribution in [0, 0.1) is 5.92 Å². The van der Waals surface area contributed by atoms with E-state index < -0.39 is 0 Å². The van der Waals surface area contributed by atoms with Gasteiger partial charge < -0.3 is 15.3 Å². The van der Waals surface area contributed by atoms with Crippen LogP contribution in [-0.4, -0.2) is 47.6 Å². The third kappa shape index (κ3) is 3.02. The largest absolute Gasteiger partial charge is 0.396 e. The summed E-state index contributed by atoms with van der Waals surface area (Å²) in [6, 6.07) is 0.189. The van der Waals surface area contributed by atoms with Gasteiger partial charge in [0.25, 0.3) is 0 Å². The fourth-order valence-corrected chi connectivity index (χ4v) is 2.92. The van der Waals surface area contributed by atoms with E-state index in [1.807, 2.05) is 4.90 Å². The Kier molecular flexibility index (Phi) is 4.58. The van der Waals surface area contributed by atoms with Crippen molar-refractivity contribution >= 4 is 11.8 Å². The number of nitrogens with one attached hydrogen (secondary N) is 1. The predicted molar refractivity (Wildman–Crippen MR) is 66.8 cm³/mol. The lowest BCUT2D eigenvalue weighted by Gasteiger charge is -2.38. The molecule has 2 heterocycles. The molecule has 2 atom stereocenters. The highest BCUT2D eigenvalue weighted by atomic mass is 16.3. The Hall–Kier alpha value is -1.10. The molecule has 2 aliphatic rings. The second-order valence-corrected chi connectivity index (χ2v) is 5.23. The van der Waals surface area contributed by atoms with Gasteiger partial charge in [-0.05, 0) is 32.1 Å². The minimum absolute atomic E-state index is 0.0459. The number of amides is 2. The quantitative estimate of drug-likeness (QED) is 0.760. The van der Waals surface area contributed by atoms with Crippen molar-refractivity contribution < 1.29 is 14.7 Å². The highest BCUT2D eigenvalue weighted by molar-refractivity contribution is 5.84. The lowest BCUT2D eigenvalue weighted by molar-refractivity contribution is -0.141. The first kappa shape index (κ1) is 13.3. The molecule has 0 spiro atoms. The maximum absolute atomic E-state index is 12.4. The standard InChI is InChI=1S/C13H22N2O3/c16-8-6-11-3-1-2-7-15(11)13(18)10-4-5-12(17)14-9-10/h10-11,16H,1-9H2,(H,14,17). The van der Waals surface area contributed by atoms with Gasteiger partial charge in [-0.25, -0.2) is 0 Å². The molecule has 18 heavy (non-hydrogen) atoms. The highest BCUT2D eigenvalue weighted by Crippen LogP contribution is 2.23. The summed E-state index contributed by atoms with van der Waals surface area (Å²) in [6.45, 7) is 1.41. The molecule has 0 aromatic carbocycles. The van der Waals surface area contributed by atoms with Gasteiger partial charge in [-0.1, -0.05) is 0 Å². The average molecular weight is 254 g/mol. The Morgan fingerprint density at radius 1 is 1.39 bits per heavy atom. The molecular formula is C13H22N2O3. The number of hydrogen-bond donors (Lipinski definition) is 2. The number of likely N-dealkylation sites (tertiary alicyclic amines) is 1. The third-order valence-electron chi connectivity index (χ3n) is 3.99. The summed E-state index contributed by atoms with van der Waals surface area (Å²) in [6.07, 6.45) is 4.96. The number of carbonyl (C=O) groups is 2. The SMILES string of the molecule is O=C1CCC(C(=O)N2CCCCC2CCO)CN1. The fourth-order valence-electron chi connectivity index (χ4n) is 2.92. The van der Waals surface area contributed by atoms with Gasteiger partial charge in [-0.3, -0.25) is 9.59 Å². The molecule has 2 saturated heterocycles. The van der Waals surface area contributed by atoms with Crippen LogP contribution in [0.3, 0.4) is 0 Å². The smallest absolute Gasteiger partial charge is 0.227 e. The van der Waals surface area contributed by atoms with Crippen LogP contribution in [0.2, 0.25) is 0 Å². The number of aliphatic hydroxyl groups excluding tert-OH is 1. The summed E-state index contributed by atoms with van der Waals surface area (Å²) in [5.74, 6) is 0.139. The Morgan fingerprint density at radius 3 is 2.89 bits per heavy atom. The van der Waals surface area contributed by atoms with E-state index in [2.05, 4.69) is 5.32 Å². The van der Waals surface area contributed by atoms with Crippen molar-refractivity contribution in [3.05, 3.63) is 0 Å². The zero-order chi connectivity index (χ0) is 13.0. The number of nitrogens with zero attached hydrogens (tertiary/aromatic N) is 1. The van der Waals surface area contributed by atoms with Crippen molar-refractivity contribution in [3.63, 3.8) is 0 Å². The second-order valence-electron chi connectivity index (χ2n) is 5.23. The van der Waals surface area contributed by atoms with E-state index in [0.29, 0.717) is 25.8 Å². The first-order chi connectivity index (χ1) is 8.72. The van der Waals surface area contributed by atoms with Crippen LogP contribution in [0.15, 0.2) is 0 Å². The monoisotopic (exact) mass is 254 g/mol. The lowest BCUT2D eigenvalue weighted by Crippen LogP contribution is -2.50. The van der Waals surface area contributed by atoms with Gasteiger partial charge in [0, 0.05) is 32.2 Å². The predicted octanol–water partition coefficient (Wildman–Crippen LogP) is 0.276. The van der Waals surface area contributed by atoms with Crippen molar-refractivity contribution in [1.29, 1.82) is 0 Å². The first-order valence-corrected chi connectivity index (χ1v) is 6.90. The van der Waals surface area contributed by atoms with E-state index >= 15 is 0 Å². The third-order valence-corrected chi connectivity index (χ3v) is 3.99. The van der Waals surface area contributed by atoms with Gasteiger partial charge in [-0.15, -0.1) is 0 Å². The summed E-state index contributed by atoms with van der Waals surface area (Å²) in [7, 11) is 0. The molecule has 0 bridgehead atoms. The van der Waals surface area contributed by atoms with Crippen LogP contribution >= 0.6 is 0 Å². The Bertz CT molecular complexity index is 307. The van der Waals surface area contributed by atoms with Crippen LogP contribution < -0.4 is 5.32 Å². The molecule has 0 aromatic heterocycles. The summed E-state index contributed by atoms with van der Waals surface area (Å²) in [5.41, 5.74) is 0. The van der Waals surface area contributed by atoms with Crippen LogP contribution in [0.1, 0.15) is 38.5 Å². The lowest BCUT2D eigenvalue weighted by atomic mass is 9.93. The van der Waals surface area contributed by atoms with E-state index in [9.17, 15) is 9.59 Å². The molecule has 2 aliphatic heterocycles. The molecule has 2 rings (SSSR count). The maximum atomic E-state index is 12.4. The Balaban J connectivity index is 1.95. The summed E-state index contributed by atoms with van der Waals surface area (Å²) in [4.78, 5) is 25.5. The average Bonchev–Trinajstić information content (AvgIpc) is 2.40. The molecule has 2 fully saturated rings. The van der Waals surface area contributed by atoms with Gasteiger partial charge >= 0.3 is 0 Å². The van der Waals surface area contributed by atoms with Crippen molar-refractivity contribution in [1.82, 2.24) is 10.2 Å². The van der Waals surface area contributed by atoms with Crippen molar-refractivity contribution in [2.24, 2.45) is 5.92 Å². The van der Waals surface area contributed by atoms with Crippen LogP contribution in [0.5, 0.6) is 0 Å². The van der Waals surface area contributed by atoms with Gasteiger partial charge in [0.2, 0.25) is 11.8 Å². The molecule has 2 N–H and O–H groups in total. The topological polar surface area (TPSA) is 69.6 Å².